The molecule has 0 radical (unpaired) electrons. The first-order valence-electron chi connectivity index (χ1n) is 11.3. The molecule has 8 nitrogen and oxygen atoms in total. The van der Waals surface area contributed by atoms with Gasteiger partial charge in [0, 0.05) is 28.0 Å². The van der Waals surface area contributed by atoms with E-state index in [1.54, 1.807) is 6.92 Å². The first kappa shape index (κ1) is 18.7. The second-order valence-corrected chi connectivity index (χ2v) is 9.60. The van der Waals surface area contributed by atoms with Crippen molar-refractivity contribution in [3.63, 3.8) is 0 Å². The molecule has 1 saturated heterocycles. The Balaban J connectivity index is 1.79. The van der Waals surface area contributed by atoms with Crippen LogP contribution < -0.4 is 5.32 Å². The Morgan fingerprint density at radius 3 is 2.21 bits per heavy atom. The van der Waals surface area contributed by atoms with Crippen LogP contribution in [0.3, 0.4) is 0 Å². The number of hydrogen-bond acceptors (Lipinski definition) is 5. The lowest BCUT2D eigenvalue weighted by Gasteiger charge is -2.45. The van der Waals surface area contributed by atoms with Gasteiger partial charge in [-0.2, -0.15) is 0 Å². The lowest BCUT2D eigenvalue weighted by molar-refractivity contribution is -0.272. The minimum atomic E-state index is -1.30. The van der Waals surface area contributed by atoms with Crippen LogP contribution in [-0.4, -0.2) is 43.4 Å². The highest BCUT2D eigenvalue weighted by molar-refractivity contribution is 6.39. The van der Waals surface area contributed by atoms with Gasteiger partial charge in [-0.3, -0.25) is 14.9 Å². The lowest BCUT2D eigenvalue weighted by Crippen LogP contribution is -2.55. The van der Waals surface area contributed by atoms with E-state index in [0.717, 1.165) is 27.3 Å². The normalized spacial score (nSPS) is 27.8. The van der Waals surface area contributed by atoms with Gasteiger partial charge in [0.15, 0.2) is 5.72 Å². The molecule has 2 amide bonds. The molecule has 1 fully saturated rings. The number of carbonyl (C=O) groups is 2. The fraction of sp³-hybridized carbons (Fsp3) is 0.231. The molecule has 3 N–H and O–H groups in total. The summed E-state index contributed by atoms with van der Waals surface area (Å²) in [5.74, 6) is -0.846. The molecular weight excluding hydrogens is 434 g/mol. The molecule has 3 aromatic carbocycles. The Morgan fingerprint density at radius 1 is 0.912 bits per heavy atom. The average Bonchev–Trinajstić information content (AvgIpc) is 3.42. The van der Waals surface area contributed by atoms with Gasteiger partial charge in [-0.25, -0.2) is 0 Å². The molecule has 3 unspecified atom stereocenters. The van der Waals surface area contributed by atoms with Gasteiger partial charge in [0.05, 0.1) is 39.3 Å². The largest absolute Gasteiger partial charge is 0.390 e. The van der Waals surface area contributed by atoms with Crippen molar-refractivity contribution in [3.8, 4) is 0 Å². The van der Waals surface area contributed by atoms with Crippen LogP contribution in [0.2, 0.25) is 0 Å². The molecule has 168 valence electrons. The molecule has 0 saturated carbocycles. The predicted octanol–water partition coefficient (Wildman–Crippen LogP) is 3.11. The molecule has 0 aliphatic carbocycles. The van der Waals surface area contributed by atoms with E-state index < -0.39 is 36.0 Å². The van der Waals surface area contributed by atoms with Crippen LogP contribution in [0.4, 0.5) is 0 Å². The zero-order valence-corrected chi connectivity index (χ0v) is 18.1. The van der Waals surface area contributed by atoms with E-state index >= 15 is 0 Å². The van der Waals surface area contributed by atoms with Crippen molar-refractivity contribution in [1.82, 2.24) is 14.5 Å². The molecule has 2 aromatic heterocycles. The van der Waals surface area contributed by atoms with E-state index in [1.165, 1.54) is 0 Å². The zero-order valence-electron chi connectivity index (χ0n) is 18.1. The number of nitrogens with zero attached hydrogens (tertiary/aromatic N) is 2. The van der Waals surface area contributed by atoms with E-state index in [4.69, 9.17) is 4.74 Å². The monoisotopic (exact) mass is 453 g/mol. The number of imide groups is 1. The molecule has 5 aromatic rings. The maximum absolute atomic E-state index is 13.2. The maximum atomic E-state index is 13.2. The Morgan fingerprint density at radius 2 is 1.50 bits per heavy atom. The topological polar surface area (TPSA) is 106 Å². The zero-order chi connectivity index (χ0) is 23.1. The van der Waals surface area contributed by atoms with E-state index in [1.807, 2.05) is 57.7 Å². The highest BCUT2D eigenvalue weighted by Crippen LogP contribution is 2.53. The number of amides is 2. The van der Waals surface area contributed by atoms with Gasteiger partial charge >= 0.3 is 0 Å². The van der Waals surface area contributed by atoms with E-state index in [9.17, 15) is 19.8 Å². The van der Waals surface area contributed by atoms with Crippen molar-refractivity contribution < 1.29 is 24.5 Å². The number of para-hydroxylation sites is 2. The summed E-state index contributed by atoms with van der Waals surface area (Å²) in [6.07, 6.45) is -2.61. The molecule has 4 atom stereocenters. The van der Waals surface area contributed by atoms with E-state index in [-0.39, 0.29) is 6.42 Å². The van der Waals surface area contributed by atoms with E-state index in [0.29, 0.717) is 27.4 Å². The fourth-order valence-corrected chi connectivity index (χ4v) is 6.59. The summed E-state index contributed by atoms with van der Waals surface area (Å²) in [5, 5.41) is 27.7. The smallest absolute Gasteiger partial charge is 0.259 e. The van der Waals surface area contributed by atoms with Gasteiger partial charge in [0.2, 0.25) is 0 Å². The second-order valence-electron chi connectivity index (χ2n) is 9.60. The third kappa shape index (κ3) is 1.83. The van der Waals surface area contributed by atoms with Crippen molar-refractivity contribution in [2.24, 2.45) is 0 Å². The number of aromatic nitrogens is 2. The fourth-order valence-electron chi connectivity index (χ4n) is 6.59. The standard InChI is InChI=1S/C26H19N3O5/c1-26-23(31)15(30)10-16(34-26)28-13-8-4-2-6-11(13)17-19-20(25(33)27-24(19)32)18-12-7-3-5-9-14(12)29(26)22(18)21(17)28/h2-9,15-16,23,30-31H,10H2,1H3,(H,27,32,33)/t15?,16?,23?,26-/m0/s1. The van der Waals surface area contributed by atoms with Gasteiger partial charge in [-0.15, -0.1) is 0 Å². The van der Waals surface area contributed by atoms with Crippen molar-refractivity contribution in [2.75, 3.05) is 0 Å². The molecule has 8 heteroatoms. The summed E-state index contributed by atoms with van der Waals surface area (Å²) in [6, 6.07) is 15.3. The van der Waals surface area contributed by atoms with Gasteiger partial charge < -0.3 is 24.1 Å². The molecule has 3 aliphatic rings. The molecule has 8 rings (SSSR count). The highest BCUT2D eigenvalue weighted by Gasteiger charge is 2.52. The number of benzene rings is 3. The Kier molecular flexibility index (Phi) is 3.11. The Labute approximate surface area is 191 Å². The van der Waals surface area contributed by atoms with Gasteiger partial charge in [0.1, 0.15) is 12.3 Å². The van der Waals surface area contributed by atoms with Crippen LogP contribution in [0.5, 0.6) is 0 Å². The molecule has 2 bridgehead atoms. The maximum Gasteiger partial charge on any atom is 0.259 e. The molecule has 0 spiro atoms. The Bertz CT molecular complexity index is 1800. The summed E-state index contributed by atoms with van der Waals surface area (Å²) in [4.78, 5) is 26.4. The third-order valence-electron chi connectivity index (χ3n) is 7.90. The number of hydrogen-bond donors (Lipinski definition) is 3. The second kappa shape index (κ2) is 5.67. The summed E-state index contributed by atoms with van der Waals surface area (Å²) >= 11 is 0. The third-order valence-corrected chi connectivity index (χ3v) is 7.90. The summed E-state index contributed by atoms with van der Waals surface area (Å²) in [6.45, 7) is 1.78. The number of aliphatic hydroxyl groups excluding tert-OH is 2. The van der Waals surface area contributed by atoms with Crippen molar-refractivity contribution in [3.05, 3.63) is 59.7 Å². The molecule has 34 heavy (non-hydrogen) atoms. The lowest BCUT2D eigenvalue weighted by atomic mass is 9.95. The SMILES string of the molecule is C[C@]12OC(CC(O)C1O)n1c3ccccc3c3c4c(c5c6ccccc6n2c5c31)C(=O)NC4=O. The highest BCUT2D eigenvalue weighted by atomic mass is 16.6. The Hall–Kier alpha value is -3.72. The number of rotatable bonds is 0. The minimum absolute atomic E-state index is 0.191. The van der Waals surface area contributed by atoms with E-state index in [2.05, 4.69) is 5.32 Å². The number of carbonyl (C=O) groups excluding carboxylic acids is 2. The van der Waals surface area contributed by atoms with Crippen molar-refractivity contribution in [1.29, 1.82) is 0 Å². The minimum Gasteiger partial charge on any atom is -0.390 e. The number of aliphatic hydroxyl groups is 2. The first-order valence-corrected chi connectivity index (χ1v) is 11.3. The molecule has 3 aliphatic heterocycles. The number of nitrogens with one attached hydrogen (secondary N) is 1. The van der Waals surface area contributed by atoms with Crippen LogP contribution in [0.15, 0.2) is 48.5 Å². The predicted molar refractivity (Wildman–Crippen MR) is 125 cm³/mol. The number of ether oxygens (including phenoxy) is 1. The van der Waals surface area contributed by atoms with Crippen molar-refractivity contribution in [2.45, 2.75) is 37.5 Å². The first-order chi connectivity index (χ1) is 16.4. The number of fused-ring (bicyclic) bond motifs is 13. The van der Waals surface area contributed by atoms with Crippen LogP contribution in [0.1, 0.15) is 40.3 Å². The van der Waals surface area contributed by atoms with Gasteiger partial charge in [-0.05, 0) is 19.1 Å². The molecular formula is C26H19N3O5. The molecule has 5 heterocycles. The average molecular weight is 453 g/mol. The van der Waals surface area contributed by atoms with Crippen LogP contribution in [0.25, 0.3) is 43.6 Å². The van der Waals surface area contributed by atoms with Gasteiger partial charge in [-0.1, -0.05) is 36.4 Å². The van der Waals surface area contributed by atoms with Gasteiger partial charge in [0.25, 0.3) is 11.8 Å². The quantitative estimate of drug-likeness (QED) is 0.313. The summed E-state index contributed by atoms with van der Waals surface area (Å²) in [7, 11) is 0. The van der Waals surface area contributed by atoms with Crippen LogP contribution in [-0.2, 0) is 10.5 Å². The van der Waals surface area contributed by atoms with Crippen molar-refractivity contribution >= 4 is 55.4 Å². The summed E-state index contributed by atoms with van der Waals surface area (Å²) in [5.41, 5.74) is 2.50. The van der Waals surface area contributed by atoms with Crippen LogP contribution in [0, 0.1) is 0 Å². The summed E-state index contributed by atoms with van der Waals surface area (Å²) < 4.78 is 10.6. The van der Waals surface area contributed by atoms with Crippen LogP contribution >= 0.6 is 0 Å².